The predicted molar refractivity (Wildman–Crippen MR) is 65.6 cm³/mol. The van der Waals surface area contributed by atoms with Gasteiger partial charge in [-0.2, -0.15) is 0 Å². The average molecular weight is 238 g/mol. The van der Waals surface area contributed by atoms with Crippen LogP contribution in [0.3, 0.4) is 0 Å². The van der Waals surface area contributed by atoms with Crippen LogP contribution in [-0.4, -0.2) is 29.3 Å². The first kappa shape index (κ1) is 11.5. The van der Waals surface area contributed by atoms with Crippen molar-refractivity contribution in [1.29, 1.82) is 0 Å². The first-order valence-corrected chi connectivity index (χ1v) is 6.15. The maximum atomic E-state index is 11.8. The molecule has 1 fully saturated rings. The number of rotatable bonds is 3. The van der Waals surface area contributed by atoms with Crippen molar-refractivity contribution in [2.75, 3.05) is 13.1 Å². The van der Waals surface area contributed by atoms with E-state index in [4.69, 9.17) is 11.6 Å². The van der Waals surface area contributed by atoms with Crippen LogP contribution in [0, 0.1) is 0 Å². The lowest BCUT2D eigenvalue weighted by Gasteiger charge is -2.15. The van der Waals surface area contributed by atoms with E-state index in [9.17, 15) is 4.79 Å². The molecule has 0 N–H and O–H groups in total. The lowest BCUT2D eigenvalue weighted by molar-refractivity contribution is -0.130. The van der Waals surface area contributed by atoms with Gasteiger partial charge in [-0.3, -0.25) is 4.79 Å². The molecular weight excluding hydrogens is 222 g/mol. The van der Waals surface area contributed by atoms with Gasteiger partial charge in [0.25, 0.3) is 0 Å². The Kier molecular flexibility index (Phi) is 3.83. The largest absolute Gasteiger partial charge is 0.341 e. The Morgan fingerprint density at radius 1 is 1.38 bits per heavy atom. The summed E-state index contributed by atoms with van der Waals surface area (Å²) in [5.74, 6) is 0.229. The van der Waals surface area contributed by atoms with E-state index in [2.05, 4.69) is 12.1 Å². The molecule has 0 radical (unpaired) electrons. The number of carbonyl (C=O) groups is 1. The highest BCUT2D eigenvalue weighted by molar-refractivity contribution is 6.21. The molecule has 86 valence electrons. The Bertz CT molecular complexity index is 352. The van der Waals surface area contributed by atoms with Crippen molar-refractivity contribution in [3.8, 4) is 0 Å². The minimum Gasteiger partial charge on any atom is -0.341 e. The van der Waals surface area contributed by atoms with Gasteiger partial charge in [-0.1, -0.05) is 30.3 Å². The number of aryl methyl sites for hydroxylation is 1. The molecule has 1 unspecified atom stereocenters. The topological polar surface area (TPSA) is 20.3 Å². The van der Waals surface area contributed by atoms with Crippen molar-refractivity contribution in [3.05, 3.63) is 35.9 Å². The van der Waals surface area contributed by atoms with Crippen LogP contribution in [0.15, 0.2) is 30.3 Å². The summed E-state index contributed by atoms with van der Waals surface area (Å²) in [5.41, 5.74) is 1.22. The molecule has 0 bridgehead atoms. The van der Waals surface area contributed by atoms with Crippen molar-refractivity contribution >= 4 is 17.5 Å². The third kappa shape index (κ3) is 2.99. The maximum Gasteiger partial charge on any atom is 0.222 e. The van der Waals surface area contributed by atoms with Gasteiger partial charge in [0.1, 0.15) is 0 Å². The molecule has 2 nitrogen and oxygen atoms in total. The first-order chi connectivity index (χ1) is 7.75. The molecule has 2 rings (SSSR count). The summed E-state index contributed by atoms with van der Waals surface area (Å²) in [6.07, 6.45) is 2.34. The number of nitrogens with zero attached hydrogens (tertiary/aromatic N) is 1. The number of hydrogen-bond acceptors (Lipinski definition) is 1. The Balaban J connectivity index is 1.80. The van der Waals surface area contributed by atoms with Crippen LogP contribution in [0.5, 0.6) is 0 Å². The third-order valence-corrected chi connectivity index (χ3v) is 3.31. The SMILES string of the molecule is O=C(CCc1ccccc1)N1CCC(Cl)C1. The molecule has 1 amide bonds. The van der Waals surface area contributed by atoms with E-state index in [0.29, 0.717) is 6.42 Å². The summed E-state index contributed by atoms with van der Waals surface area (Å²) in [5, 5.41) is 0.153. The molecule has 1 aromatic carbocycles. The van der Waals surface area contributed by atoms with Crippen molar-refractivity contribution in [1.82, 2.24) is 4.90 Å². The zero-order valence-corrected chi connectivity index (χ0v) is 9.99. The van der Waals surface area contributed by atoms with Crippen molar-refractivity contribution in [2.24, 2.45) is 0 Å². The lowest BCUT2D eigenvalue weighted by atomic mass is 10.1. The Morgan fingerprint density at radius 3 is 2.75 bits per heavy atom. The van der Waals surface area contributed by atoms with Crippen molar-refractivity contribution in [2.45, 2.75) is 24.6 Å². The fourth-order valence-corrected chi connectivity index (χ4v) is 2.26. The summed E-state index contributed by atoms with van der Waals surface area (Å²) in [6, 6.07) is 10.1. The van der Waals surface area contributed by atoms with E-state index < -0.39 is 0 Å². The van der Waals surface area contributed by atoms with Crippen LogP contribution in [0.25, 0.3) is 0 Å². The number of amides is 1. The van der Waals surface area contributed by atoms with Crippen LogP contribution < -0.4 is 0 Å². The van der Waals surface area contributed by atoms with E-state index >= 15 is 0 Å². The Hall–Kier alpha value is -1.02. The Labute approximate surface area is 101 Å². The van der Waals surface area contributed by atoms with Crippen molar-refractivity contribution < 1.29 is 4.79 Å². The van der Waals surface area contributed by atoms with Crippen LogP contribution in [-0.2, 0) is 11.2 Å². The molecule has 0 aromatic heterocycles. The molecule has 1 aliphatic rings. The minimum absolute atomic E-state index is 0.153. The number of halogens is 1. The van der Waals surface area contributed by atoms with Gasteiger partial charge in [0.15, 0.2) is 0 Å². The maximum absolute atomic E-state index is 11.8. The second kappa shape index (κ2) is 5.35. The standard InChI is InChI=1S/C13H16ClNO/c14-12-8-9-15(10-12)13(16)7-6-11-4-2-1-3-5-11/h1-5,12H,6-10H2. The molecule has 0 aliphatic carbocycles. The van der Waals surface area contributed by atoms with E-state index in [0.717, 1.165) is 25.9 Å². The molecular formula is C13H16ClNO. The first-order valence-electron chi connectivity index (χ1n) is 5.71. The number of benzene rings is 1. The number of hydrogen-bond donors (Lipinski definition) is 0. The molecule has 1 aromatic rings. The molecule has 3 heteroatoms. The highest BCUT2D eigenvalue weighted by Gasteiger charge is 2.23. The fourth-order valence-electron chi connectivity index (χ4n) is 2.00. The van der Waals surface area contributed by atoms with E-state index in [1.165, 1.54) is 5.56 Å². The summed E-state index contributed by atoms with van der Waals surface area (Å²) < 4.78 is 0. The van der Waals surface area contributed by atoms with E-state index in [-0.39, 0.29) is 11.3 Å². The predicted octanol–water partition coefficient (Wildman–Crippen LogP) is 2.46. The zero-order valence-electron chi connectivity index (χ0n) is 9.23. The van der Waals surface area contributed by atoms with Gasteiger partial charge in [-0.15, -0.1) is 11.6 Å². The normalized spacial score (nSPS) is 20.1. The Morgan fingerprint density at radius 2 is 2.12 bits per heavy atom. The van der Waals surface area contributed by atoms with Gasteiger partial charge < -0.3 is 4.90 Å². The molecule has 1 saturated heterocycles. The number of carbonyl (C=O) groups excluding carboxylic acids is 1. The second-order valence-corrected chi connectivity index (χ2v) is 4.83. The number of likely N-dealkylation sites (tertiary alicyclic amines) is 1. The second-order valence-electron chi connectivity index (χ2n) is 4.21. The van der Waals surface area contributed by atoms with Crippen LogP contribution in [0.1, 0.15) is 18.4 Å². The summed E-state index contributed by atoms with van der Waals surface area (Å²) in [6.45, 7) is 1.54. The van der Waals surface area contributed by atoms with Crippen molar-refractivity contribution in [3.63, 3.8) is 0 Å². The van der Waals surface area contributed by atoms with Gasteiger partial charge in [0.05, 0.1) is 5.38 Å². The van der Waals surface area contributed by atoms with Crippen LogP contribution in [0.4, 0.5) is 0 Å². The van der Waals surface area contributed by atoms with Crippen LogP contribution in [0.2, 0.25) is 0 Å². The van der Waals surface area contributed by atoms with Gasteiger partial charge in [0, 0.05) is 19.5 Å². The highest BCUT2D eigenvalue weighted by Crippen LogP contribution is 2.16. The van der Waals surface area contributed by atoms with E-state index in [1.54, 1.807) is 0 Å². The fraction of sp³-hybridized carbons (Fsp3) is 0.462. The van der Waals surface area contributed by atoms with Gasteiger partial charge in [-0.25, -0.2) is 0 Å². The molecule has 16 heavy (non-hydrogen) atoms. The molecule has 1 aliphatic heterocycles. The number of alkyl halides is 1. The molecule has 1 heterocycles. The van der Waals surface area contributed by atoms with Gasteiger partial charge in [-0.05, 0) is 18.4 Å². The van der Waals surface area contributed by atoms with Gasteiger partial charge in [0.2, 0.25) is 5.91 Å². The summed E-state index contributed by atoms with van der Waals surface area (Å²) >= 11 is 5.97. The smallest absolute Gasteiger partial charge is 0.222 e. The molecule has 0 spiro atoms. The minimum atomic E-state index is 0.153. The zero-order chi connectivity index (χ0) is 11.4. The highest BCUT2D eigenvalue weighted by atomic mass is 35.5. The van der Waals surface area contributed by atoms with Crippen LogP contribution >= 0.6 is 11.6 Å². The summed E-state index contributed by atoms with van der Waals surface area (Å²) in [7, 11) is 0. The average Bonchev–Trinajstić information content (AvgIpc) is 2.74. The van der Waals surface area contributed by atoms with Gasteiger partial charge >= 0.3 is 0 Å². The third-order valence-electron chi connectivity index (χ3n) is 2.95. The lowest BCUT2D eigenvalue weighted by Crippen LogP contribution is -2.28. The summed E-state index contributed by atoms with van der Waals surface area (Å²) in [4.78, 5) is 13.7. The monoisotopic (exact) mass is 237 g/mol. The quantitative estimate of drug-likeness (QED) is 0.740. The molecule has 0 saturated carbocycles. The van der Waals surface area contributed by atoms with E-state index in [1.807, 2.05) is 23.1 Å². The molecule has 1 atom stereocenters.